The number of amides is 1. The lowest BCUT2D eigenvalue weighted by molar-refractivity contribution is -0.135. The second-order valence-corrected chi connectivity index (χ2v) is 6.57. The summed E-state index contributed by atoms with van der Waals surface area (Å²) in [6.45, 7) is 2.44. The zero-order valence-electron chi connectivity index (χ0n) is 12.4. The fourth-order valence-corrected chi connectivity index (χ4v) is 3.54. The molecule has 0 spiro atoms. The highest BCUT2D eigenvalue weighted by Crippen LogP contribution is 2.32. The van der Waals surface area contributed by atoms with Gasteiger partial charge in [0.2, 0.25) is 5.91 Å². The molecule has 0 bridgehead atoms. The smallest absolute Gasteiger partial charge is 0.223 e. The molecular formula is C17H23ClN2O. The van der Waals surface area contributed by atoms with Gasteiger partial charge < -0.3 is 10.2 Å². The maximum atomic E-state index is 12.6. The third kappa shape index (κ3) is 3.41. The van der Waals surface area contributed by atoms with E-state index < -0.39 is 0 Å². The summed E-state index contributed by atoms with van der Waals surface area (Å²) in [5.74, 6) is 1.07. The second kappa shape index (κ2) is 6.80. The molecule has 1 atom stereocenters. The van der Waals surface area contributed by atoms with Crippen LogP contribution in [0.15, 0.2) is 24.3 Å². The van der Waals surface area contributed by atoms with Crippen molar-refractivity contribution in [2.75, 3.05) is 19.6 Å². The molecule has 114 valence electrons. The third-order valence-corrected chi connectivity index (χ3v) is 5.16. The number of rotatable bonds is 4. The van der Waals surface area contributed by atoms with Gasteiger partial charge in [-0.25, -0.2) is 0 Å². The number of hydrogen-bond donors (Lipinski definition) is 1. The number of nitrogens with one attached hydrogen (secondary N) is 1. The summed E-state index contributed by atoms with van der Waals surface area (Å²) in [6.07, 6.45) is 5.70. The SMILES string of the molecule is O=C(CCC1CCC1)N1CCNCC1c1ccccc1Cl. The van der Waals surface area contributed by atoms with Gasteiger partial charge >= 0.3 is 0 Å². The third-order valence-electron chi connectivity index (χ3n) is 4.82. The van der Waals surface area contributed by atoms with E-state index in [9.17, 15) is 4.79 Å². The number of carbonyl (C=O) groups is 1. The molecule has 0 radical (unpaired) electrons. The molecule has 1 aliphatic heterocycles. The molecule has 1 aromatic carbocycles. The minimum Gasteiger partial charge on any atom is -0.333 e. The van der Waals surface area contributed by atoms with Gasteiger partial charge in [-0.1, -0.05) is 49.1 Å². The van der Waals surface area contributed by atoms with Gasteiger partial charge in [0.1, 0.15) is 0 Å². The van der Waals surface area contributed by atoms with E-state index in [4.69, 9.17) is 11.6 Å². The monoisotopic (exact) mass is 306 g/mol. The van der Waals surface area contributed by atoms with Gasteiger partial charge in [-0.3, -0.25) is 4.79 Å². The summed E-state index contributed by atoms with van der Waals surface area (Å²) in [5, 5.41) is 4.13. The molecular weight excluding hydrogens is 284 g/mol. The van der Waals surface area contributed by atoms with Crippen LogP contribution < -0.4 is 5.32 Å². The molecule has 1 unspecified atom stereocenters. The number of piperazine rings is 1. The molecule has 1 aliphatic carbocycles. The fourth-order valence-electron chi connectivity index (χ4n) is 3.28. The Balaban J connectivity index is 1.68. The van der Waals surface area contributed by atoms with Crippen LogP contribution in [-0.4, -0.2) is 30.4 Å². The normalized spacial score (nSPS) is 22.9. The van der Waals surface area contributed by atoms with Gasteiger partial charge in [0, 0.05) is 31.1 Å². The molecule has 3 rings (SSSR count). The van der Waals surface area contributed by atoms with Gasteiger partial charge in [0.15, 0.2) is 0 Å². The molecule has 4 heteroatoms. The minimum atomic E-state index is 0.0707. The highest BCUT2D eigenvalue weighted by molar-refractivity contribution is 6.31. The van der Waals surface area contributed by atoms with Gasteiger partial charge in [-0.05, 0) is 24.0 Å². The first kappa shape index (κ1) is 14.9. The number of nitrogens with zero attached hydrogens (tertiary/aromatic N) is 1. The summed E-state index contributed by atoms with van der Waals surface area (Å²) >= 11 is 6.32. The lowest BCUT2D eigenvalue weighted by Gasteiger charge is -2.37. The van der Waals surface area contributed by atoms with Gasteiger partial charge in [0.25, 0.3) is 0 Å². The van der Waals surface area contributed by atoms with Gasteiger partial charge in [0.05, 0.1) is 6.04 Å². The van der Waals surface area contributed by atoms with Crippen LogP contribution in [0.4, 0.5) is 0 Å². The van der Waals surface area contributed by atoms with Crippen molar-refractivity contribution < 1.29 is 4.79 Å². The van der Waals surface area contributed by atoms with E-state index in [1.165, 1.54) is 19.3 Å². The van der Waals surface area contributed by atoms with Crippen molar-refractivity contribution in [3.8, 4) is 0 Å². The van der Waals surface area contributed by atoms with Crippen LogP contribution >= 0.6 is 11.6 Å². The average Bonchev–Trinajstić information content (AvgIpc) is 2.46. The lowest BCUT2D eigenvalue weighted by Crippen LogP contribution is -2.48. The quantitative estimate of drug-likeness (QED) is 0.925. The molecule has 3 nitrogen and oxygen atoms in total. The topological polar surface area (TPSA) is 32.3 Å². The highest BCUT2D eigenvalue weighted by Gasteiger charge is 2.29. The van der Waals surface area contributed by atoms with Gasteiger partial charge in [-0.2, -0.15) is 0 Å². The van der Waals surface area contributed by atoms with Crippen LogP contribution in [0.2, 0.25) is 5.02 Å². The zero-order chi connectivity index (χ0) is 14.7. The van der Waals surface area contributed by atoms with Crippen molar-refractivity contribution >= 4 is 17.5 Å². The number of halogens is 1. The average molecular weight is 307 g/mol. The first-order chi connectivity index (χ1) is 10.3. The van der Waals surface area contributed by atoms with Crippen LogP contribution in [0.1, 0.15) is 43.7 Å². The Bertz CT molecular complexity index is 501. The first-order valence-electron chi connectivity index (χ1n) is 8.00. The van der Waals surface area contributed by atoms with Crippen molar-refractivity contribution in [2.45, 2.75) is 38.1 Å². The molecule has 1 saturated heterocycles. The number of benzene rings is 1. The summed E-state index contributed by atoms with van der Waals surface area (Å²) in [7, 11) is 0. The standard InChI is InChI=1S/C17H23ClN2O/c18-15-7-2-1-6-14(15)16-12-19-10-11-20(16)17(21)9-8-13-4-3-5-13/h1-2,6-7,13,16,19H,3-5,8-12H2. The Hall–Kier alpha value is -1.06. The van der Waals surface area contributed by atoms with E-state index in [0.29, 0.717) is 6.42 Å². The fraction of sp³-hybridized carbons (Fsp3) is 0.588. The van der Waals surface area contributed by atoms with Crippen molar-refractivity contribution in [1.82, 2.24) is 10.2 Å². The van der Waals surface area contributed by atoms with Gasteiger partial charge in [-0.15, -0.1) is 0 Å². The molecule has 21 heavy (non-hydrogen) atoms. The predicted molar refractivity (Wildman–Crippen MR) is 85.4 cm³/mol. The molecule has 2 fully saturated rings. The Morgan fingerprint density at radius 3 is 2.86 bits per heavy atom. The summed E-state index contributed by atoms with van der Waals surface area (Å²) in [4.78, 5) is 14.6. The molecule has 1 aromatic rings. The summed E-state index contributed by atoms with van der Waals surface area (Å²) in [5.41, 5.74) is 1.06. The van der Waals surface area contributed by atoms with Crippen LogP contribution in [0, 0.1) is 5.92 Å². The molecule has 1 saturated carbocycles. The van der Waals surface area contributed by atoms with E-state index in [1.54, 1.807) is 0 Å². The van der Waals surface area contributed by atoms with Crippen LogP contribution in [0.5, 0.6) is 0 Å². The largest absolute Gasteiger partial charge is 0.333 e. The highest BCUT2D eigenvalue weighted by atomic mass is 35.5. The predicted octanol–water partition coefficient (Wildman–Crippen LogP) is 3.39. The maximum absolute atomic E-state index is 12.6. The Labute approximate surface area is 131 Å². The summed E-state index contributed by atoms with van der Waals surface area (Å²) in [6, 6.07) is 7.94. The molecule has 0 aromatic heterocycles. The molecule has 1 amide bonds. The first-order valence-corrected chi connectivity index (χ1v) is 8.38. The van der Waals surface area contributed by atoms with Crippen molar-refractivity contribution in [1.29, 1.82) is 0 Å². The molecule has 1 N–H and O–H groups in total. The number of hydrogen-bond acceptors (Lipinski definition) is 2. The van der Waals surface area contributed by atoms with Crippen molar-refractivity contribution in [3.05, 3.63) is 34.9 Å². The minimum absolute atomic E-state index is 0.0707. The molecule has 2 aliphatic rings. The van der Waals surface area contributed by atoms with E-state index >= 15 is 0 Å². The van der Waals surface area contributed by atoms with E-state index in [1.807, 2.05) is 29.2 Å². The molecule has 1 heterocycles. The van der Waals surface area contributed by atoms with Crippen LogP contribution in [0.3, 0.4) is 0 Å². The van der Waals surface area contributed by atoms with Crippen molar-refractivity contribution in [2.24, 2.45) is 5.92 Å². The van der Waals surface area contributed by atoms with E-state index in [2.05, 4.69) is 5.32 Å². The Morgan fingerprint density at radius 2 is 2.14 bits per heavy atom. The Morgan fingerprint density at radius 1 is 1.33 bits per heavy atom. The van der Waals surface area contributed by atoms with Crippen molar-refractivity contribution in [3.63, 3.8) is 0 Å². The Kier molecular flexibility index (Phi) is 4.81. The van der Waals surface area contributed by atoms with E-state index in [0.717, 1.165) is 42.6 Å². The van der Waals surface area contributed by atoms with Crippen LogP contribution in [0.25, 0.3) is 0 Å². The second-order valence-electron chi connectivity index (χ2n) is 6.16. The number of carbonyl (C=O) groups excluding carboxylic acids is 1. The zero-order valence-corrected chi connectivity index (χ0v) is 13.1. The maximum Gasteiger partial charge on any atom is 0.223 e. The summed E-state index contributed by atoms with van der Waals surface area (Å²) < 4.78 is 0. The van der Waals surface area contributed by atoms with E-state index in [-0.39, 0.29) is 11.9 Å². The lowest BCUT2D eigenvalue weighted by atomic mass is 9.82. The van der Waals surface area contributed by atoms with Crippen LogP contribution in [-0.2, 0) is 4.79 Å².